The first-order valence-electron chi connectivity index (χ1n) is 6.05. The Labute approximate surface area is 111 Å². The molecule has 2 aromatic rings. The van der Waals surface area contributed by atoms with Crippen molar-refractivity contribution in [2.24, 2.45) is 5.41 Å². The molecule has 2 aromatic carbocycles. The molecule has 0 aliphatic heterocycles. The average Bonchev–Trinajstić information content (AvgIpc) is 2.38. The van der Waals surface area contributed by atoms with Gasteiger partial charge in [0.15, 0.2) is 0 Å². The molecule has 0 amide bonds. The van der Waals surface area contributed by atoms with Crippen LogP contribution in [0.2, 0.25) is 0 Å². The summed E-state index contributed by atoms with van der Waals surface area (Å²) in [6, 6.07) is 11.2. The molecule has 4 heteroatoms. The predicted octanol–water partition coefficient (Wildman–Crippen LogP) is 2.91. The minimum absolute atomic E-state index is 0.107. The highest BCUT2D eigenvalue weighted by Gasteiger charge is 2.28. The first kappa shape index (κ1) is 13.2. The molecular formula is C15H17NO3. The zero-order valence-corrected chi connectivity index (χ0v) is 11.0. The van der Waals surface area contributed by atoms with Gasteiger partial charge in [0, 0.05) is 16.5 Å². The molecule has 4 nitrogen and oxygen atoms in total. The molecule has 0 saturated heterocycles. The van der Waals surface area contributed by atoms with Crippen molar-refractivity contribution in [3.05, 3.63) is 36.4 Å². The number of anilines is 1. The van der Waals surface area contributed by atoms with Gasteiger partial charge in [-0.15, -0.1) is 0 Å². The predicted molar refractivity (Wildman–Crippen MR) is 75.3 cm³/mol. The van der Waals surface area contributed by atoms with Gasteiger partial charge >= 0.3 is 5.97 Å². The molecule has 0 radical (unpaired) electrons. The van der Waals surface area contributed by atoms with Crippen LogP contribution in [-0.4, -0.2) is 17.7 Å². The topological polar surface area (TPSA) is 72.5 Å². The van der Waals surface area contributed by atoms with Gasteiger partial charge in [-0.25, -0.2) is 0 Å². The van der Waals surface area contributed by atoms with Crippen LogP contribution in [0.3, 0.4) is 0 Å². The van der Waals surface area contributed by atoms with Crippen LogP contribution in [0.1, 0.15) is 13.8 Å². The van der Waals surface area contributed by atoms with E-state index in [9.17, 15) is 4.79 Å². The second kappa shape index (κ2) is 4.80. The lowest BCUT2D eigenvalue weighted by molar-refractivity contribution is -0.148. The van der Waals surface area contributed by atoms with E-state index in [0.717, 1.165) is 10.8 Å². The van der Waals surface area contributed by atoms with E-state index in [0.29, 0.717) is 11.4 Å². The highest BCUT2D eigenvalue weighted by Crippen LogP contribution is 2.31. The summed E-state index contributed by atoms with van der Waals surface area (Å²) in [5.74, 6) is -0.230. The molecule has 2 rings (SSSR count). The number of carboxylic acids is 1. The van der Waals surface area contributed by atoms with Crippen LogP contribution in [0.25, 0.3) is 10.8 Å². The Morgan fingerprint density at radius 1 is 1.21 bits per heavy atom. The summed E-state index contributed by atoms with van der Waals surface area (Å²) in [7, 11) is 0. The van der Waals surface area contributed by atoms with Gasteiger partial charge in [0.1, 0.15) is 12.4 Å². The smallest absolute Gasteiger partial charge is 0.312 e. The van der Waals surface area contributed by atoms with Crippen molar-refractivity contribution in [2.45, 2.75) is 13.8 Å². The second-order valence-corrected chi connectivity index (χ2v) is 5.18. The Morgan fingerprint density at radius 3 is 2.47 bits per heavy atom. The quantitative estimate of drug-likeness (QED) is 0.828. The summed E-state index contributed by atoms with van der Waals surface area (Å²) >= 11 is 0. The molecule has 0 aliphatic rings. The van der Waals surface area contributed by atoms with Crippen LogP contribution in [0.15, 0.2) is 36.4 Å². The van der Waals surface area contributed by atoms with E-state index in [-0.39, 0.29) is 6.61 Å². The molecule has 0 spiro atoms. The van der Waals surface area contributed by atoms with E-state index in [2.05, 4.69) is 0 Å². The van der Waals surface area contributed by atoms with Gasteiger partial charge in [-0.2, -0.15) is 0 Å². The fraction of sp³-hybridized carbons (Fsp3) is 0.267. The molecule has 0 atom stereocenters. The highest BCUT2D eigenvalue weighted by molar-refractivity contribution is 5.97. The highest BCUT2D eigenvalue weighted by atomic mass is 16.5. The Balaban J connectivity index is 2.32. The van der Waals surface area contributed by atoms with Crippen molar-refractivity contribution in [1.29, 1.82) is 0 Å². The van der Waals surface area contributed by atoms with Crippen LogP contribution in [0, 0.1) is 5.41 Å². The number of hydrogen-bond acceptors (Lipinski definition) is 3. The largest absolute Gasteiger partial charge is 0.492 e. The van der Waals surface area contributed by atoms with Gasteiger partial charge in [0.2, 0.25) is 0 Å². The van der Waals surface area contributed by atoms with Crippen molar-refractivity contribution >= 4 is 22.4 Å². The fourth-order valence-corrected chi connectivity index (χ4v) is 1.74. The van der Waals surface area contributed by atoms with Crippen LogP contribution in [0.5, 0.6) is 5.75 Å². The summed E-state index contributed by atoms with van der Waals surface area (Å²) in [4.78, 5) is 11.1. The maximum atomic E-state index is 11.1. The standard InChI is InChI=1S/C15H17NO3/c1-15(2,14(17)18)9-19-13-8-7-12(16)10-5-3-4-6-11(10)13/h3-8H,9,16H2,1-2H3,(H,17,18). The SMILES string of the molecule is CC(C)(COc1ccc(N)c2ccccc12)C(=O)O. The van der Waals surface area contributed by atoms with Crippen LogP contribution in [0.4, 0.5) is 5.69 Å². The lowest BCUT2D eigenvalue weighted by Gasteiger charge is -2.20. The van der Waals surface area contributed by atoms with Crippen molar-refractivity contribution < 1.29 is 14.6 Å². The number of nitrogen functional groups attached to an aromatic ring is 1. The molecule has 0 aliphatic carbocycles. The molecular weight excluding hydrogens is 242 g/mol. The zero-order chi connectivity index (χ0) is 14.0. The van der Waals surface area contributed by atoms with Crippen molar-refractivity contribution in [1.82, 2.24) is 0 Å². The summed E-state index contributed by atoms with van der Waals surface area (Å²) in [5, 5.41) is 10.9. The Bertz CT molecular complexity index is 620. The van der Waals surface area contributed by atoms with Crippen molar-refractivity contribution in [3.63, 3.8) is 0 Å². The molecule has 0 saturated carbocycles. The van der Waals surface area contributed by atoms with Gasteiger partial charge in [0.25, 0.3) is 0 Å². The zero-order valence-electron chi connectivity index (χ0n) is 11.0. The molecule has 0 aromatic heterocycles. The molecule has 0 heterocycles. The Morgan fingerprint density at radius 2 is 1.84 bits per heavy atom. The number of carbonyl (C=O) groups is 1. The third-order valence-corrected chi connectivity index (χ3v) is 3.09. The number of fused-ring (bicyclic) bond motifs is 1. The van der Waals surface area contributed by atoms with Gasteiger partial charge < -0.3 is 15.6 Å². The first-order valence-corrected chi connectivity index (χ1v) is 6.05. The summed E-state index contributed by atoms with van der Waals surface area (Å²) < 4.78 is 5.66. The van der Waals surface area contributed by atoms with E-state index in [4.69, 9.17) is 15.6 Å². The summed E-state index contributed by atoms with van der Waals surface area (Å²) in [5.41, 5.74) is 5.66. The first-order chi connectivity index (χ1) is 8.92. The number of benzene rings is 2. The lowest BCUT2D eigenvalue weighted by atomic mass is 9.95. The monoisotopic (exact) mass is 259 g/mol. The normalized spacial score (nSPS) is 11.5. The minimum atomic E-state index is -0.928. The maximum Gasteiger partial charge on any atom is 0.312 e. The van der Waals surface area contributed by atoms with Crippen molar-refractivity contribution in [2.75, 3.05) is 12.3 Å². The molecule has 0 bridgehead atoms. The van der Waals surface area contributed by atoms with E-state index in [1.54, 1.807) is 26.0 Å². The van der Waals surface area contributed by atoms with Gasteiger partial charge in [-0.05, 0) is 26.0 Å². The number of aliphatic carboxylic acids is 1. The maximum absolute atomic E-state index is 11.1. The Kier molecular flexibility index (Phi) is 3.34. The van der Waals surface area contributed by atoms with Gasteiger partial charge in [-0.1, -0.05) is 24.3 Å². The molecule has 0 unspecified atom stereocenters. The molecule has 0 fully saturated rings. The average molecular weight is 259 g/mol. The second-order valence-electron chi connectivity index (χ2n) is 5.18. The summed E-state index contributed by atoms with van der Waals surface area (Å²) in [6.07, 6.45) is 0. The summed E-state index contributed by atoms with van der Waals surface area (Å²) in [6.45, 7) is 3.37. The number of nitrogens with two attached hydrogens (primary N) is 1. The van der Waals surface area contributed by atoms with Crippen molar-refractivity contribution in [3.8, 4) is 5.75 Å². The van der Waals surface area contributed by atoms with E-state index >= 15 is 0 Å². The van der Waals surface area contributed by atoms with E-state index < -0.39 is 11.4 Å². The van der Waals surface area contributed by atoms with Gasteiger partial charge in [-0.3, -0.25) is 4.79 Å². The van der Waals surface area contributed by atoms with Crippen LogP contribution in [-0.2, 0) is 4.79 Å². The third kappa shape index (κ3) is 2.62. The number of hydrogen-bond donors (Lipinski definition) is 2. The molecule has 100 valence electrons. The van der Waals surface area contributed by atoms with E-state index in [1.165, 1.54) is 0 Å². The van der Waals surface area contributed by atoms with E-state index in [1.807, 2.05) is 24.3 Å². The van der Waals surface area contributed by atoms with Crippen LogP contribution >= 0.6 is 0 Å². The fourth-order valence-electron chi connectivity index (χ4n) is 1.74. The van der Waals surface area contributed by atoms with Gasteiger partial charge in [0.05, 0.1) is 5.41 Å². The molecule has 3 N–H and O–H groups in total. The number of carboxylic acid groups (broad SMARTS) is 1. The number of rotatable bonds is 4. The number of ether oxygens (including phenoxy) is 1. The molecule has 19 heavy (non-hydrogen) atoms. The minimum Gasteiger partial charge on any atom is -0.492 e. The Hall–Kier alpha value is -2.23. The lowest BCUT2D eigenvalue weighted by Crippen LogP contribution is -2.30. The van der Waals surface area contributed by atoms with Crippen LogP contribution < -0.4 is 10.5 Å². The third-order valence-electron chi connectivity index (χ3n) is 3.09.